The number of nitrogens with two attached hydrogens (primary N) is 1. The Labute approximate surface area is 258 Å². The molecule has 240 valence electrons. The highest BCUT2D eigenvalue weighted by molar-refractivity contribution is 6.09. The van der Waals surface area contributed by atoms with Gasteiger partial charge < -0.3 is 31.3 Å². The van der Waals surface area contributed by atoms with E-state index >= 15 is 0 Å². The van der Waals surface area contributed by atoms with Crippen molar-refractivity contribution < 1.29 is 39.9 Å². The van der Waals surface area contributed by atoms with E-state index in [0.717, 1.165) is 43.1 Å². The maximum absolute atomic E-state index is 14.6. The molecule has 4 unspecified atom stereocenters. The highest BCUT2D eigenvalue weighted by Gasteiger charge is 2.80. The molecule has 0 radical (unpaired) electrons. The summed E-state index contributed by atoms with van der Waals surface area (Å²) in [7, 11) is 0. The minimum atomic E-state index is -2.77. The van der Waals surface area contributed by atoms with Gasteiger partial charge in [0.25, 0.3) is 0 Å². The van der Waals surface area contributed by atoms with Gasteiger partial charge in [0.05, 0.1) is 23.7 Å². The number of hydrogen-bond acceptors (Lipinski definition) is 8. The fourth-order valence-electron chi connectivity index (χ4n) is 12.5. The van der Waals surface area contributed by atoms with Crippen LogP contribution in [0.1, 0.15) is 100 Å². The maximum Gasteiger partial charge on any atom is 0.230 e. The zero-order valence-electron chi connectivity index (χ0n) is 26.2. The van der Waals surface area contributed by atoms with Crippen molar-refractivity contribution in [1.82, 2.24) is 0 Å². The van der Waals surface area contributed by atoms with Gasteiger partial charge in [0.15, 0.2) is 17.2 Å². The Hall–Kier alpha value is -2.33. The lowest BCUT2D eigenvalue weighted by molar-refractivity contribution is -0.306. The number of phenols is 1. The molecule has 6 saturated carbocycles. The third-order valence-electron chi connectivity index (χ3n) is 14.2. The van der Waals surface area contributed by atoms with Crippen molar-refractivity contribution in [3.63, 3.8) is 0 Å². The van der Waals surface area contributed by atoms with Gasteiger partial charge in [0, 0.05) is 10.8 Å². The lowest BCUT2D eigenvalue weighted by Gasteiger charge is -2.69. The van der Waals surface area contributed by atoms with E-state index < -0.39 is 81.8 Å². The number of Topliss-reactive ketones (excluding diaryl/α,β-unsaturated/α-hetero) is 2. The Bertz CT molecular complexity index is 1430. The van der Waals surface area contributed by atoms with E-state index in [1.54, 1.807) is 20.8 Å². The summed E-state index contributed by atoms with van der Waals surface area (Å²) < 4.78 is 0. The molecule has 1 amide bonds. The van der Waals surface area contributed by atoms with Crippen LogP contribution in [0.3, 0.4) is 0 Å². The number of aromatic hydroxyl groups is 1. The molecule has 7 aliphatic carbocycles. The van der Waals surface area contributed by atoms with Crippen LogP contribution in [0.15, 0.2) is 12.1 Å². The molecule has 4 bridgehead atoms. The van der Waals surface area contributed by atoms with E-state index in [-0.39, 0.29) is 17.2 Å². The number of fused-ring (bicyclic) bond motifs is 3. The second-order valence-electron chi connectivity index (χ2n) is 16.3. The van der Waals surface area contributed by atoms with Gasteiger partial charge in [-0.1, -0.05) is 46.8 Å². The Balaban J connectivity index is 1.39. The number of carbonyl (C=O) groups excluding carboxylic acids is 3. The number of rotatable bonds is 3. The molecule has 0 spiro atoms. The summed E-state index contributed by atoms with van der Waals surface area (Å²) in [6.07, 6.45) is 0.593. The summed E-state index contributed by atoms with van der Waals surface area (Å²) >= 11 is 0. The first-order valence-corrected chi connectivity index (χ1v) is 16.5. The molecule has 0 aromatic heterocycles. The summed E-state index contributed by atoms with van der Waals surface area (Å²) in [6.45, 7) is 8.47. The summed E-state index contributed by atoms with van der Waals surface area (Å²) in [5.41, 5.74) is 0.944. The van der Waals surface area contributed by atoms with Crippen LogP contribution in [0.4, 0.5) is 0 Å². The van der Waals surface area contributed by atoms with Gasteiger partial charge in [-0.15, -0.1) is 0 Å². The number of ketones is 2. The van der Waals surface area contributed by atoms with Gasteiger partial charge in [-0.2, -0.15) is 0 Å². The van der Waals surface area contributed by atoms with Crippen molar-refractivity contribution >= 4 is 17.5 Å². The normalized spacial score (nSPS) is 50.8. The molecule has 8 rings (SSSR count). The van der Waals surface area contributed by atoms with Crippen LogP contribution in [0, 0.1) is 58.2 Å². The molecule has 6 fully saturated rings. The first-order chi connectivity index (χ1) is 20.5. The van der Waals surface area contributed by atoms with Crippen molar-refractivity contribution in [2.24, 2.45) is 63.9 Å². The summed E-state index contributed by atoms with van der Waals surface area (Å²) in [6, 6.07) is 3.83. The van der Waals surface area contributed by atoms with Crippen molar-refractivity contribution in [2.75, 3.05) is 0 Å². The van der Waals surface area contributed by atoms with Gasteiger partial charge in [-0.25, -0.2) is 0 Å². The number of amides is 1. The van der Waals surface area contributed by atoms with Crippen LogP contribution >= 0.6 is 0 Å². The van der Waals surface area contributed by atoms with Gasteiger partial charge in [-0.3, -0.25) is 14.4 Å². The van der Waals surface area contributed by atoms with Crippen molar-refractivity contribution in [1.29, 1.82) is 0 Å². The average molecular weight is 610 g/mol. The Kier molecular flexibility index (Phi) is 6.46. The molecular formula is C35H47NO8. The van der Waals surface area contributed by atoms with E-state index in [1.807, 2.05) is 19.1 Å². The Morgan fingerprint density at radius 1 is 0.955 bits per heavy atom. The first-order valence-electron chi connectivity index (χ1n) is 16.5. The number of primary amides is 1. The lowest BCUT2D eigenvalue weighted by Crippen LogP contribution is -2.83. The van der Waals surface area contributed by atoms with Crippen LogP contribution in [0.25, 0.3) is 0 Å². The van der Waals surface area contributed by atoms with Crippen LogP contribution in [0.2, 0.25) is 0 Å². The molecule has 44 heavy (non-hydrogen) atoms. The van der Waals surface area contributed by atoms with E-state index in [2.05, 4.69) is 0 Å². The molecule has 0 saturated heterocycles. The molecule has 7 aliphatic rings. The zero-order valence-corrected chi connectivity index (χ0v) is 26.2. The molecule has 1 aromatic rings. The molecule has 1 aromatic carbocycles. The molecule has 10 atom stereocenters. The van der Waals surface area contributed by atoms with Crippen LogP contribution in [-0.2, 0) is 9.59 Å². The molecule has 0 aliphatic heterocycles. The monoisotopic (exact) mass is 609 g/mol. The topological polar surface area (TPSA) is 178 Å². The molecule has 7 N–H and O–H groups in total. The number of aliphatic hydroxyl groups excluding tert-OH is 3. The summed E-state index contributed by atoms with van der Waals surface area (Å²) in [4.78, 5) is 41.2. The summed E-state index contributed by atoms with van der Waals surface area (Å²) in [5.74, 6) is -5.93. The third kappa shape index (κ3) is 3.32. The quantitative estimate of drug-likeness (QED) is 0.283. The smallest absolute Gasteiger partial charge is 0.230 e. The number of hydrogen-bond donors (Lipinski definition) is 6. The van der Waals surface area contributed by atoms with E-state index in [1.165, 1.54) is 13.3 Å². The predicted octanol–water partition coefficient (Wildman–Crippen LogP) is 2.64. The second kappa shape index (κ2) is 9.36. The SMILES string of the molecule is CC(C)[C@H]1C(O)C(C(N)=O)C(=O)[C@]2(O)C(O)C3C(=O)c4c(ccc(C5C6CC7CC(C6)CC5C7)c4O)[C@@H](C)[C@]3(C)[C@@H](O)[C@]12C. The van der Waals surface area contributed by atoms with Gasteiger partial charge in [-0.05, 0) is 90.6 Å². The predicted molar refractivity (Wildman–Crippen MR) is 159 cm³/mol. The number of benzene rings is 1. The molecule has 9 nitrogen and oxygen atoms in total. The zero-order chi connectivity index (χ0) is 32.0. The van der Waals surface area contributed by atoms with Gasteiger partial charge in [0.1, 0.15) is 17.8 Å². The van der Waals surface area contributed by atoms with Gasteiger partial charge in [0.2, 0.25) is 5.91 Å². The van der Waals surface area contributed by atoms with Crippen LogP contribution < -0.4 is 5.73 Å². The fraction of sp³-hybridized carbons (Fsp3) is 0.743. The number of phenolic OH excluding ortho intramolecular Hbond substituents is 1. The number of aliphatic hydroxyl groups is 4. The Morgan fingerprint density at radius 2 is 1.50 bits per heavy atom. The van der Waals surface area contributed by atoms with Crippen molar-refractivity contribution in [3.05, 3.63) is 28.8 Å². The van der Waals surface area contributed by atoms with Crippen LogP contribution in [-0.4, -0.2) is 66.9 Å². The van der Waals surface area contributed by atoms with Crippen LogP contribution in [0.5, 0.6) is 5.75 Å². The summed E-state index contributed by atoms with van der Waals surface area (Å²) in [5, 5.41) is 60.2. The minimum Gasteiger partial charge on any atom is -0.507 e. The Morgan fingerprint density at radius 3 is 2.02 bits per heavy atom. The molecular weight excluding hydrogens is 562 g/mol. The first kappa shape index (κ1) is 30.3. The molecule has 0 heterocycles. The highest BCUT2D eigenvalue weighted by Crippen LogP contribution is 2.69. The fourth-order valence-corrected chi connectivity index (χ4v) is 12.5. The maximum atomic E-state index is 14.6. The van der Waals surface area contributed by atoms with Crippen molar-refractivity contribution in [2.45, 2.75) is 102 Å². The number of carbonyl (C=O) groups is 3. The van der Waals surface area contributed by atoms with E-state index in [9.17, 15) is 39.9 Å². The van der Waals surface area contributed by atoms with Gasteiger partial charge >= 0.3 is 0 Å². The second-order valence-corrected chi connectivity index (χ2v) is 16.3. The average Bonchev–Trinajstić information content (AvgIpc) is 2.93. The van der Waals surface area contributed by atoms with E-state index in [4.69, 9.17) is 5.73 Å². The third-order valence-corrected chi connectivity index (χ3v) is 14.2. The van der Waals surface area contributed by atoms with E-state index in [0.29, 0.717) is 17.4 Å². The largest absolute Gasteiger partial charge is 0.507 e. The van der Waals surface area contributed by atoms with Crippen molar-refractivity contribution in [3.8, 4) is 5.75 Å². The highest BCUT2D eigenvalue weighted by atomic mass is 16.4. The minimum absolute atomic E-state index is 0.0832. The molecule has 9 heteroatoms. The lowest BCUT2D eigenvalue weighted by atomic mass is 9.36. The standard InChI is InChI=1S/C35H47NO8/c1-13(2)24-28(39)23(31(36)42)29(40)35(44)30(41)25-27(38)22-19(14(3)33(25,4)32(43)34(24,35)5)6-7-20(26(22)37)21-17-9-15-8-16(11-17)12-18(21)10-15/h6-7,13-18,21,23-25,28,30,32,37,39,41,43-44H,8-12H2,1-5H3,(H2,36,42)/t14-,15?,16?,17?,18?,21?,23?,24+,25?,28?,30?,32-,33+,34+,35+/m1/s1.